The van der Waals surface area contributed by atoms with Crippen LogP contribution in [0.2, 0.25) is 0 Å². The van der Waals surface area contributed by atoms with Crippen molar-refractivity contribution in [2.24, 2.45) is 0 Å². The van der Waals surface area contributed by atoms with Gasteiger partial charge < -0.3 is 10.1 Å². The van der Waals surface area contributed by atoms with Gasteiger partial charge in [-0.1, -0.05) is 0 Å². The van der Waals surface area contributed by atoms with E-state index in [0.717, 1.165) is 0 Å². The molecule has 1 fully saturated rings. The second-order valence-electron chi connectivity index (χ2n) is 4.10. The lowest BCUT2D eigenvalue weighted by atomic mass is 10.1. The van der Waals surface area contributed by atoms with Crippen molar-refractivity contribution in [3.63, 3.8) is 0 Å². The number of ether oxygens (including phenoxy) is 1. The van der Waals surface area contributed by atoms with Gasteiger partial charge in [-0.2, -0.15) is 17.0 Å². The predicted octanol–water partition coefficient (Wildman–Crippen LogP) is -0.387. The number of alkyl carbamates (subject to hydrolysis) is 1. The van der Waals surface area contributed by atoms with Crippen LogP contribution >= 0.6 is 0 Å². The van der Waals surface area contributed by atoms with Crippen molar-refractivity contribution in [2.45, 2.75) is 18.9 Å². The molecular weight excluding hydrogens is 246 g/mol. The van der Waals surface area contributed by atoms with Crippen molar-refractivity contribution in [1.82, 2.24) is 13.9 Å². The molecule has 0 atom stereocenters. The Hall–Kier alpha value is -0.860. The van der Waals surface area contributed by atoms with E-state index in [1.54, 1.807) is 0 Å². The third-order valence-corrected chi connectivity index (χ3v) is 4.69. The molecule has 0 spiro atoms. The standard InChI is InChI=1S/C9H19N3O4S/c1-11(2)17(14,15)12-6-4-8(5-7-12)10-9(13)16-3/h8H,4-7H2,1-3H3,(H,10,13). The zero-order chi connectivity index (χ0) is 13.1. The summed E-state index contributed by atoms with van der Waals surface area (Å²) >= 11 is 0. The molecule has 100 valence electrons. The normalized spacial score (nSPS) is 19.3. The zero-order valence-electron chi connectivity index (χ0n) is 10.3. The molecule has 0 aromatic heterocycles. The highest BCUT2D eigenvalue weighted by Crippen LogP contribution is 2.15. The number of hydrogen-bond acceptors (Lipinski definition) is 4. The van der Waals surface area contributed by atoms with E-state index in [4.69, 9.17) is 0 Å². The lowest BCUT2D eigenvalue weighted by Crippen LogP contribution is -2.49. The predicted molar refractivity (Wildman–Crippen MR) is 62.7 cm³/mol. The lowest BCUT2D eigenvalue weighted by Gasteiger charge is -2.32. The number of carbonyl (C=O) groups is 1. The van der Waals surface area contributed by atoms with E-state index in [0.29, 0.717) is 25.9 Å². The zero-order valence-corrected chi connectivity index (χ0v) is 11.2. The number of nitrogens with one attached hydrogen (secondary N) is 1. The van der Waals surface area contributed by atoms with E-state index >= 15 is 0 Å². The number of piperidine rings is 1. The molecule has 1 aliphatic heterocycles. The topological polar surface area (TPSA) is 79.0 Å². The summed E-state index contributed by atoms with van der Waals surface area (Å²) in [5, 5.41) is 2.67. The summed E-state index contributed by atoms with van der Waals surface area (Å²) in [6.07, 6.45) is 0.726. The molecule has 0 saturated carbocycles. The Balaban J connectivity index is 2.49. The van der Waals surface area contributed by atoms with Gasteiger partial charge in [0, 0.05) is 33.2 Å². The molecule has 0 aromatic carbocycles. The van der Waals surface area contributed by atoms with E-state index in [1.807, 2.05) is 0 Å². The maximum atomic E-state index is 11.8. The van der Waals surface area contributed by atoms with Crippen molar-refractivity contribution >= 4 is 16.3 Å². The van der Waals surface area contributed by atoms with Crippen LogP contribution < -0.4 is 5.32 Å². The monoisotopic (exact) mass is 265 g/mol. The van der Waals surface area contributed by atoms with Crippen molar-refractivity contribution in [2.75, 3.05) is 34.3 Å². The van der Waals surface area contributed by atoms with Gasteiger partial charge >= 0.3 is 6.09 Å². The molecule has 0 aromatic rings. The molecule has 0 bridgehead atoms. The molecule has 1 amide bonds. The van der Waals surface area contributed by atoms with Crippen LogP contribution in [-0.2, 0) is 14.9 Å². The van der Waals surface area contributed by atoms with Gasteiger partial charge in [0.1, 0.15) is 0 Å². The van der Waals surface area contributed by atoms with Crippen LogP contribution in [-0.4, -0.2) is 63.5 Å². The minimum Gasteiger partial charge on any atom is -0.453 e. The first-order valence-electron chi connectivity index (χ1n) is 5.40. The number of rotatable bonds is 3. The van der Waals surface area contributed by atoms with Crippen LogP contribution in [0.3, 0.4) is 0 Å². The van der Waals surface area contributed by atoms with Crippen molar-refractivity contribution in [3.8, 4) is 0 Å². The van der Waals surface area contributed by atoms with Gasteiger partial charge in [-0.15, -0.1) is 0 Å². The first-order valence-corrected chi connectivity index (χ1v) is 6.79. The van der Waals surface area contributed by atoms with Crippen LogP contribution in [0, 0.1) is 0 Å². The smallest absolute Gasteiger partial charge is 0.407 e. The van der Waals surface area contributed by atoms with Gasteiger partial charge in [0.25, 0.3) is 10.2 Å². The van der Waals surface area contributed by atoms with Crippen LogP contribution in [0.25, 0.3) is 0 Å². The Morgan fingerprint density at radius 1 is 1.35 bits per heavy atom. The van der Waals surface area contributed by atoms with Crippen LogP contribution in [0.4, 0.5) is 4.79 Å². The molecule has 1 N–H and O–H groups in total. The number of amides is 1. The first kappa shape index (κ1) is 14.2. The largest absolute Gasteiger partial charge is 0.453 e. The highest BCUT2D eigenvalue weighted by atomic mass is 32.2. The van der Waals surface area contributed by atoms with E-state index in [9.17, 15) is 13.2 Å². The van der Waals surface area contributed by atoms with Gasteiger partial charge in [-0.3, -0.25) is 0 Å². The van der Waals surface area contributed by atoms with Gasteiger partial charge in [0.15, 0.2) is 0 Å². The fourth-order valence-corrected chi connectivity index (χ4v) is 2.82. The Bertz CT molecular complexity index is 360. The highest BCUT2D eigenvalue weighted by molar-refractivity contribution is 7.86. The number of hydrogen-bond donors (Lipinski definition) is 1. The maximum absolute atomic E-state index is 11.8. The molecule has 1 heterocycles. The SMILES string of the molecule is COC(=O)NC1CCN(S(=O)(=O)N(C)C)CC1. The molecular formula is C9H19N3O4S. The third-order valence-electron chi connectivity index (χ3n) is 2.75. The van der Waals surface area contributed by atoms with Gasteiger partial charge in [0.05, 0.1) is 7.11 Å². The molecule has 0 aliphatic carbocycles. The second kappa shape index (κ2) is 5.65. The second-order valence-corrected chi connectivity index (χ2v) is 6.24. The molecule has 0 radical (unpaired) electrons. The quantitative estimate of drug-likeness (QED) is 0.754. The Morgan fingerprint density at radius 2 is 1.88 bits per heavy atom. The molecule has 0 unspecified atom stereocenters. The summed E-state index contributed by atoms with van der Waals surface area (Å²) in [7, 11) is 0.988. The van der Waals surface area contributed by atoms with Crippen LogP contribution in [0.1, 0.15) is 12.8 Å². The summed E-state index contributed by atoms with van der Waals surface area (Å²) < 4.78 is 30.7. The number of carbonyl (C=O) groups excluding carboxylic acids is 1. The van der Waals surface area contributed by atoms with E-state index in [-0.39, 0.29) is 6.04 Å². The van der Waals surface area contributed by atoms with Gasteiger partial charge in [-0.05, 0) is 12.8 Å². The van der Waals surface area contributed by atoms with Gasteiger partial charge in [-0.25, -0.2) is 4.79 Å². The molecule has 1 saturated heterocycles. The highest BCUT2D eigenvalue weighted by Gasteiger charge is 2.29. The minimum atomic E-state index is -3.33. The van der Waals surface area contributed by atoms with E-state index in [1.165, 1.54) is 29.8 Å². The van der Waals surface area contributed by atoms with E-state index < -0.39 is 16.3 Å². The molecule has 17 heavy (non-hydrogen) atoms. The number of methoxy groups -OCH3 is 1. The van der Waals surface area contributed by atoms with Crippen molar-refractivity contribution < 1.29 is 17.9 Å². The molecule has 1 rings (SSSR count). The van der Waals surface area contributed by atoms with Crippen molar-refractivity contribution in [1.29, 1.82) is 0 Å². The average molecular weight is 265 g/mol. The number of nitrogens with zero attached hydrogens (tertiary/aromatic N) is 2. The maximum Gasteiger partial charge on any atom is 0.407 e. The third kappa shape index (κ3) is 3.55. The molecule has 7 nitrogen and oxygen atoms in total. The minimum absolute atomic E-state index is 0.0175. The molecule has 1 aliphatic rings. The average Bonchev–Trinajstić information content (AvgIpc) is 2.29. The Kier molecular flexibility index (Phi) is 4.72. The first-order chi connectivity index (χ1) is 7.87. The summed E-state index contributed by atoms with van der Waals surface area (Å²) in [5.74, 6) is 0. The van der Waals surface area contributed by atoms with E-state index in [2.05, 4.69) is 10.1 Å². The Morgan fingerprint density at radius 3 is 2.29 bits per heavy atom. The fraction of sp³-hybridized carbons (Fsp3) is 0.889. The van der Waals surface area contributed by atoms with Crippen molar-refractivity contribution in [3.05, 3.63) is 0 Å². The van der Waals surface area contributed by atoms with Crippen LogP contribution in [0.15, 0.2) is 0 Å². The summed E-state index contributed by atoms with van der Waals surface area (Å²) in [6.45, 7) is 0.824. The van der Waals surface area contributed by atoms with Crippen LogP contribution in [0.5, 0.6) is 0 Å². The summed E-state index contributed by atoms with van der Waals surface area (Å²) in [4.78, 5) is 11.0. The molecule has 8 heteroatoms. The lowest BCUT2D eigenvalue weighted by molar-refractivity contribution is 0.160. The Labute approximate surface area is 102 Å². The fourth-order valence-electron chi connectivity index (χ4n) is 1.69. The summed E-state index contributed by atoms with van der Waals surface area (Å²) in [5.41, 5.74) is 0. The van der Waals surface area contributed by atoms with Gasteiger partial charge in [0.2, 0.25) is 0 Å². The summed E-state index contributed by atoms with van der Waals surface area (Å²) in [6, 6.07) is -0.0175.